The van der Waals surface area contributed by atoms with Crippen molar-refractivity contribution in [3.8, 4) is 5.75 Å². The number of hydrazone groups is 1. The van der Waals surface area contributed by atoms with Gasteiger partial charge in [0.15, 0.2) is 0 Å². The first-order valence-corrected chi connectivity index (χ1v) is 8.16. The monoisotopic (exact) mass is 324 g/mol. The molecule has 0 fully saturated rings. The first-order chi connectivity index (χ1) is 11.5. The van der Waals surface area contributed by atoms with Crippen LogP contribution in [-0.4, -0.2) is 18.2 Å². The number of amides is 1. The van der Waals surface area contributed by atoms with Crippen LogP contribution in [-0.2, 0) is 0 Å². The van der Waals surface area contributed by atoms with Gasteiger partial charge in [-0.1, -0.05) is 30.7 Å². The SMILES string of the molecule is CCCOc1ccc(C(=O)N/N=C(/C)c2ccc(C)cc2C)cc1. The van der Waals surface area contributed by atoms with Crippen LogP contribution < -0.4 is 10.2 Å². The first-order valence-electron chi connectivity index (χ1n) is 8.16. The van der Waals surface area contributed by atoms with E-state index in [4.69, 9.17) is 4.74 Å². The van der Waals surface area contributed by atoms with Gasteiger partial charge in [0.1, 0.15) is 5.75 Å². The summed E-state index contributed by atoms with van der Waals surface area (Å²) in [5, 5.41) is 4.22. The van der Waals surface area contributed by atoms with Crippen molar-refractivity contribution >= 4 is 11.6 Å². The van der Waals surface area contributed by atoms with E-state index in [9.17, 15) is 4.79 Å². The number of hydrogen-bond donors (Lipinski definition) is 1. The van der Waals surface area contributed by atoms with Crippen LogP contribution >= 0.6 is 0 Å². The molecule has 4 heteroatoms. The van der Waals surface area contributed by atoms with E-state index in [-0.39, 0.29) is 5.91 Å². The molecule has 1 N–H and O–H groups in total. The van der Waals surface area contributed by atoms with E-state index >= 15 is 0 Å². The molecule has 4 nitrogen and oxygen atoms in total. The van der Waals surface area contributed by atoms with Crippen molar-refractivity contribution in [1.82, 2.24) is 5.43 Å². The Balaban J connectivity index is 2.03. The maximum atomic E-state index is 12.2. The molecule has 126 valence electrons. The van der Waals surface area contributed by atoms with Gasteiger partial charge in [0.05, 0.1) is 12.3 Å². The second-order valence-corrected chi connectivity index (χ2v) is 5.83. The minimum absolute atomic E-state index is 0.235. The summed E-state index contributed by atoms with van der Waals surface area (Å²) in [7, 11) is 0. The lowest BCUT2D eigenvalue weighted by Crippen LogP contribution is -2.19. The molecule has 1 amide bonds. The van der Waals surface area contributed by atoms with Gasteiger partial charge in [0, 0.05) is 11.1 Å². The van der Waals surface area contributed by atoms with Crippen LogP contribution in [0.3, 0.4) is 0 Å². The Morgan fingerprint density at radius 3 is 2.46 bits per heavy atom. The topological polar surface area (TPSA) is 50.7 Å². The lowest BCUT2D eigenvalue weighted by atomic mass is 10.0. The molecule has 0 aliphatic rings. The number of nitrogens with zero attached hydrogens (tertiary/aromatic N) is 1. The predicted octanol–water partition coefficient (Wildman–Crippen LogP) is 4.25. The molecule has 0 atom stereocenters. The van der Waals surface area contributed by atoms with E-state index in [1.807, 2.05) is 26.0 Å². The van der Waals surface area contributed by atoms with Crippen LogP contribution in [0.1, 0.15) is 47.3 Å². The van der Waals surface area contributed by atoms with Crippen LogP contribution in [0, 0.1) is 13.8 Å². The average Bonchev–Trinajstić information content (AvgIpc) is 2.58. The molecule has 0 saturated carbocycles. The molecule has 0 spiro atoms. The number of hydrogen-bond acceptors (Lipinski definition) is 3. The van der Waals surface area contributed by atoms with E-state index in [0.717, 1.165) is 29.0 Å². The molecule has 0 aliphatic carbocycles. The summed E-state index contributed by atoms with van der Waals surface area (Å²) < 4.78 is 5.51. The zero-order valence-electron chi connectivity index (χ0n) is 14.7. The number of nitrogens with one attached hydrogen (secondary N) is 1. The predicted molar refractivity (Wildman–Crippen MR) is 97.8 cm³/mol. The lowest BCUT2D eigenvalue weighted by Gasteiger charge is -2.08. The van der Waals surface area contributed by atoms with Gasteiger partial charge in [-0.3, -0.25) is 4.79 Å². The molecule has 2 aromatic carbocycles. The summed E-state index contributed by atoms with van der Waals surface area (Å²) in [6, 6.07) is 13.2. The van der Waals surface area contributed by atoms with Crippen molar-refractivity contribution in [2.45, 2.75) is 34.1 Å². The molecule has 0 saturated heterocycles. The van der Waals surface area contributed by atoms with Crippen LogP contribution in [0.25, 0.3) is 0 Å². The molecule has 0 heterocycles. The maximum absolute atomic E-state index is 12.2. The van der Waals surface area contributed by atoms with E-state index in [1.54, 1.807) is 24.3 Å². The van der Waals surface area contributed by atoms with Gasteiger partial charge in [-0.15, -0.1) is 0 Å². The Bertz CT molecular complexity index is 734. The van der Waals surface area contributed by atoms with Gasteiger partial charge >= 0.3 is 0 Å². The number of benzene rings is 2. The second-order valence-electron chi connectivity index (χ2n) is 5.83. The molecular weight excluding hydrogens is 300 g/mol. The zero-order chi connectivity index (χ0) is 17.5. The molecule has 0 unspecified atom stereocenters. The molecule has 0 aromatic heterocycles. The van der Waals surface area contributed by atoms with Gasteiger partial charge < -0.3 is 4.74 Å². The van der Waals surface area contributed by atoms with E-state index < -0.39 is 0 Å². The molecule has 2 rings (SSSR count). The third-order valence-electron chi connectivity index (χ3n) is 3.69. The van der Waals surface area contributed by atoms with Gasteiger partial charge in [0.2, 0.25) is 0 Å². The number of aryl methyl sites for hydroxylation is 2. The lowest BCUT2D eigenvalue weighted by molar-refractivity contribution is 0.0955. The molecule has 0 radical (unpaired) electrons. The fraction of sp³-hybridized carbons (Fsp3) is 0.300. The Morgan fingerprint density at radius 1 is 1.12 bits per heavy atom. The molecule has 24 heavy (non-hydrogen) atoms. The van der Waals surface area contributed by atoms with Crippen molar-refractivity contribution in [3.05, 3.63) is 64.7 Å². The van der Waals surface area contributed by atoms with Crippen molar-refractivity contribution in [1.29, 1.82) is 0 Å². The number of ether oxygens (including phenoxy) is 1. The van der Waals surface area contributed by atoms with E-state index in [1.165, 1.54) is 5.56 Å². The van der Waals surface area contributed by atoms with Crippen LogP contribution in [0.15, 0.2) is 47.6 Å². The quantitative estimate of drug-likeness (QED) is 0.638. The standard InChI is InChI=1S/C20H24N2O2/c1-5-12-24-18-9-7-17(8-10-18)20(23)22-21-16(4)19-11-6-14(2)13-15(19)3/h6-11,13H,5,12H2,1-4H3,(H,22,23)/b21-16-. The van der Waals surface area contributed by atoms with Crippen LogP contribution in [0.4, 0.5) is 0 Å². The van der Waals surface area contributed by atoms with Crippen molar-refractivity contribution < 1.29 is 9.53 Å². The average molecular weight is 324 g/mol. The Kier molecular flexibility index (Phi) is 6.13. The summed E-state index contributed by atoms with van der Waals surface area (Å²) in [5.41, 5.74) is 7.32. The van der Waals surface area contributed by atoms with Gasteiger partial charge in [0.25, 0.3) is 5.91 Å². The number of rotatable bonds is 6. The molecule has 2 aromatic rings. The molecule has 0 aliphatic heterocycles. The number of carbonyl (C=O) groups excluding carboxylic acids is 1. The minimum Gasteiger partial charge on any atom is -0.494 e. The van der Waals surface area contributed by atoms with Crippen LogP contribution in [0.2, 0.25) is 0 Å². The highest BCUT2D eigenvalue weighted by atomic mass is 16.5. The second kappa shape index (κ2) is 8.29. The third kappa shape index (κ3) is 4.69. The van der Waals surface area contributed by atoms with Gasteiger partial charge in [-0.2, -0.15) is 5.10 Å². The Hall–Kier alpha value is -2.62. The van der Waals surface area contributed by atoms with E-state index in [2.05, 4.69) is 30.4 Å². The maximum Gasteiger partial charge on any atom is 0.271 e. The van der Waals surface area contributed by atoms with Crippen molar-refractivity contribution in [2.24, 2.45) is 5.10 Å². The fourth-order valence-electron chi connectivity index (χ4n) is 2.40. The van der Waals surface area contributed by atoms with Gasteiger partial charge in [-0.25, -0.2) is 5.43 Å². The zero-order valence-corrected chi connectivity index (χ0v) is 14.7. The summed E-state index contributed by atoms with van der Waals surface area (Å²) in [4.78, 5) is 12.2. The Labute approximate surface area is 143 Å². The highest BCUT2D eigenvalue weighted by molar-refractivity contribution is 6.01. The summed E-state index contributed by atoms with van der Waals surface area (Å²) >= 11 is 0. The first kappa shape index (κ1) is 17.7. The molecule has 0 bridgehead atoms. The van der Waals surface area contributed by atoms with Crippen molar-refractivity contribution in [3.63, 3.8) is 0 Å². The highest BCUT2D eigenvalue weighted by Gasteiger charge is 2.06. The molecular formula is C20H24N2O2. The smallest absolute Gasteiger partial charge is 0.271 e. The minimum atomic E-state index is -0.235. The van der Waals surface area contributed by atoms with Crippen LogP contribution in [0.5, 0.6) is 5.75 Å². The highest BCUT2D eigenvalue weighted by Crippen LogP contribution is 2.13. The summed E-state index contributed by atoms with van der Waals surface area (Å²) in [5.74, 6) is 0.532. The normalized spacial score (nSPS) is 11.2. The largest absolute Gasteiger partial charge is 0.494 e. The fourth-order valence-corrected chi connectivity index (χ4v) is 2.40. The summed E-state index contributed by atoms with van der Waals surface area (Å²) in [6.45, 7) is 8.71. The number of carbonyl (C=O) groups is 1. The van der Waals surface area contributed by atoms with E-state index in [0.29, 0.717) is 12.2 Å². The Morgan fingerprint density at radius 2 is 1.83 bits per heavy atom. The third-order valence-corrected chi connectivity index (χ3v) is 3.69. The van der Waals surface area contributed by atoms with Crippen molar-refractivity contribution in [2.75, 3.05) is 6.61 Å². The summed E-state index contributed by atoms with van der Waals surface area (Å²) in [6.07, 6.45) is 0.953. The van der Waals surface area contributed by atoms with Gasteiger partial charge in [-0.05, 0) is 57.0 Å².